The van der Waals surface area contributed by atoms with Crippen molar-refractivity contribution in [3.8, 4) is 0 Å². The number of nitrogens with zero attached hydrogens (tertiary/aromatic N) is 1. The summed E-state index contributed by atoms with van der Waals surface area (Å²) in [5, 5.41) is 25.6. The first-order valence-corrected chi connectivity index (χ1v) is 9.52. The highest BCUT2D eigenvalue weighted by Gasteiger charge is 2.29. The van der Waals surface area contributed by atoms with E-state index in [2.05, 4.69) is 25.9 Å². The average molecular weight is 426 g/mol. The number of carbonyl (C=O) groups excluding carboxylic acids is 3. The first-order chi connectivity index (χ1) is 14.0. The summed E-state index contributed by atoms with van der Waals surface area (Å²) in [6, 6.07) is -4.53. The molecular formula is C18H30N6O6. The van der Waals surface area contributed by atoms with E-state index in [0.29, 0.717) is 12.1 Å². The fourth-order valence-electron chi connectivity index (χ4n) is 2.56. The zero-order valence-corrected chi connectivity index (χ0v) is 17.2. The number of rotatable bonds is 12. The molecule has 1 aromatic heterocycles. The maximum absolute atomic E-state index is 12.6. The number of aliphatic carboxylic acids is 1. The molecule has 0 saturated carbocycles. The number of hydrogen-bond donors (Lipinski definition) is 7. The summed E-state index contributed by atoms with van der Waals surface area (Å²) in [7, 11) is 0. The van der Waals surface area contributed by atoms with Gasteiger partial charge in [-0.1, -0.05) is 13.8 Å². The molecule has 30 heavy (non-hydrogen) atoms. The zero-order chi connectivity index (χ0) is 22.8. The van der Waals surface area contributed by atoms with Crippen molar-refractivity contribution >= 4 is 23.7 Å². The molecule has 3 amide bonds. The summed E-state index contributed by atoms with van der Waals surface area (Å²) < 4.78 is 0. The van der Waals surface area contributed by atoms with Crippen LogP contribution < -0.4 is 21.7 Å². The highest BCUT2D eigenvalue weighted by molar-refractivity contribution is 5.94. The summed E-state index contributed by atoms with van der Waals surface area (Å²) in [5.41, 5.74) is 6.30. The van der Waals surface area contributed by atoms with E-state index >= 15 is 0 Å². The van der Waals surface area contributed by atoms with E-state index < -0.39 is 54.5 Å². The Morgan fingerprint density at radius 2 is 1.67 bits per heavy atom. The molecule has 1 rings (SSSR count). The minimum Gasteiger partial charge on any atom is -0.480 e. The van der Waals surface area contributed by atoms with E-state index in [1.54, 1.807) is 0 Å². The predicted molar refractivity (Wildman–Crippen MR) is 106 cm³/mol. The molecule has 4 unspecified atom stereocenters. The third kappa shape index (κ3) is 8.17. The SMILES string of the molecule is CC(C)CC(N)C(=O)NC(CO)C(=O)NC(Cc1cnc[nH]1)C(=O)NC(C)C(=O)O. The van der Waals surface area contributed by atoms with Crippen LogP contribution in [0.5, 0.6) is 0 Å². The fourth-order valence-corrected chi connectivity index (χ4v) is 2.56. The highest BCUT2D eigenvalue weighted by Crippen LogP contribution is 2.04. The predicted octanol–water partition coefficient (Wildman–Crippen LogP) is -2.12. The Morgan fingerprint density at radius 1 is 1.07 bits per heavy atom. The van der Waals surface area contributed by atoms with Gasteiger partial charge in [-0.05, 0) is 19.3 Å². The van der Waals surface area contributed by atoms with Crippen molar-refractivity contribution in [1.29, 1.82) is 0 Å². The van der Waals surface area contributed by atoms with Crippen molar-refractivity contribution in [2.75, 3.05) is 6.61 Å². The second-order valence-corrected chi connectivity index (χ2v) is 7.39. The molecule has 0 bridgehead atoms. The van der Waals surface area contributed by atoms with Gasteiger partial charge in [-0.2, -0.15) is 0 Å². The number of aliphatic hydroxyl groups is 1. The number of aromatic nitrogens is 2. The third-order valence-electron chi connectivity index (χ3n) is 4.22. The monoisotopic (exact) mass is 426 g/mol. The molecule has 0 aliphatic heterocycles. The molecule has 8 N–H and O–H groups in total. The number of amides is 3. The molecule has 0 aromatic carbocycles. The topological polar surface area (TPSA) is 200 Å². The van der Waals surface area contributed by atoms with Gasteiger partial charge in [0.2, 0.25) is 17.7 Å². The number of nitrogens with two attached hydrogens (primary N) is 1. The van der Waals surface area contributed by atoms with Crippen LogP contribution in [0.25, 0.3) is 0 Å². The van der Waals surface area contributed by atoms with Crippen LogP contribution in [0.4, 0.5) is 0 Å². The van der Waals surface area contributed by atoms with E-state index in [1.807, 2.05) is 13.8 Å². The molecule has 168 valence electrons. The normalized spacial score (nSPS) is 15.0. The van der Waals surface area contributed by atoms with Crippen LogP contribution in [-0.2, 0) is 25.6 Å². The number of carboxylic acids is 1. The number of aromatic amines is 1. The van der Waals surface area contributed by atoms with E-state index in [4.69, 9.17) is 10.8 Å². The Labute approximate surface area is 174 Å². The number of H-pyrrole nitrogens is 1. The number of carbonyl (C=O) groups is 4. The summed E-state index contributed by atoms with van der Waals surface area (Å²) in [4.78, 5) is 54.8. The number of hydrogen-bond acceptors (Lipinski definition) is 7. The Balaban J connectivity index is 2.86. The number of carboxylic acid groups (broad SMARTS) is 1. The Hall–Kier alpha value is -2.99. The van der Waals surface area contributed by atoms with Crippen LogP contribution in [0.15, 0.2) is 12.5 Å². The molecule has 4 atom stereocenters. The minimum absolute atomic E-state index is 0.0110. The van der Waals surface area contributed by atoms with Crippen molar-refractivity contribution in [2.45, 2.75) is 57.8 Å². The molecule has 0 saturated heterocycles. The molecule has 12 heteroatoms. The van der Waals surface area contributed by atoms with E-state index in [-0.39, 0.29) is 12.3 Å². The van der Waals surface area contributed by atoms with Crippen LogP contribution in [0, 0.1) is 5.92 Å². The lowest BCUT2D eigenvalue weighted by Crippen LogP contribution is -2.58. The molecule has 0 radical (unpaired) electrons. The summed E-state index contributed by atoms with van der Waals surface area (Å²) in [5.74, 6) is -3.25. The standard InChI is InChI=1S/C18H30N6O6/c1-9(2)4-12(19)15(26)24-14(7-25)17(28)23-13(5-11-6-20-8-21-11)16(27)22-10(3)18(29)30/h6,8-10,12-14,25H,4-5,7,19H2,1-3H3,(H,20,21)(H,22,27)(H,23,28)(H,24,26)(H,29,30). The van der Waals surface area contributed by atoms with Crippen molar-refractivity contribution in [2.24, 2.45) is 11.7 Å². The van der Waals surface area contributed by atoms with E-state index in [0.717, 1.165) is 0 Å². The van der Waals surface area contributed by atoms with Gasteiger partial charge in [0.15, 0.2) is 0 Å². The first-order valence-electron chi connectivity index (χ1n) is 9.52. The second kappa shape index (κ2) is 11.9. The minimum atomic E-state index is -1.33. The zero-order valence-electron chi connectivity index (χ0n) is 17.2. The van der Waals surface area contributed by atoms with Gasteiger partial charge >= 0.3 is 5.97 Å². The van der Waals surface area contributed by atoms with Crippen LogP contribution >= 0.6 is 0 Å². The Morgan fingerprint density at radius 3 is 2.17 bits per heavy atom. The smallest absolute Gasteiger partial charge is 0.325 e. The fraction of sp³-hybridized carbons (Fsp3) is 0.611. The van der Waals surface area contributed by atoms with Gasteiger partial charge in [0, 0.05) is 18.3 Å². The van der Waals surface area contributed by atoms with Crippen LogP contribution in [-0.4, -0.2) is 74.6 Å². The quantitative estimate of drug-likeness (QED) is 0.196. The largest absolute Gasteiger partial charge is 0.480 e. The maximum atomic E-state index is 12.6. The highest BCUT2D eigenvalue weighted by atomic mass is 16.4. The van der Waals surface area contributed by atoms with Gasteiger partial charge in [-0.3, -0.25) is 19.2 Å². The molecule has 1 heterocycles. The average Bonchev–Trinajstić information content (AvgIpc) is 3.17. The van der Waals surface area contributed by atoms with Gasteiger partial charge in [0.25, 0.3) is 0 Å². The molecule has 0 spiro atoms. The number of nitrogens with one attached hydrogen (secondary N) is 4. The molecule has 0 aliphatic carbocycles. The van der Waals surface area contributed by atoms with Gasteiger partial charge < -0.3 is 36.9 Å². The molecule has 1 aromatic rings. The Kier molecular flexibility index (Phi) is 9.92. The van der Waals surface area contributed by atoms with Crippen molar-refractivity contribution in [3.63, 3.8) is 0 Å². The summed E-state index contributed by atoms with van der Waals surface area (Å²) in [6.45, 7) is 4.35. The lowest BCUT2D eigenvalue weighted by molar-refractivity contribution is -0.141. The lowest BCUT2D eigenvalue weighted by Gasteiger charge is -2.23. The molecule has 12 nitrogen and oxygen atoms in total. The number of imidazole rings is 1. The maximum Gasteiger partial charge on any atom is 0.325 e. The van der Waals surface area contributed by atoms with Gasteiger partial charge in [0.05, 0.1) is 19.0 Å². The first kappa shape index (κ1) is 25.0. The van der Waals surface area contributed by atoms with Gasteiger partial charge in [-0.25, -0.2) is 4.98 Å². The third-order valence-corrected chi connectivity index (χ3v) is 4.22. The summed E-state index contributed by atoms with van der Waals surface area (Å²) >= 11 is 0. The van der Waals surface area contributed by atoms with Crippen LogP contribution in [0.3, 0.4) is 0 Å². The summed E-state index contributed by atoms with van der Waals surface area (Å²) in [6.07, 6.45) is 3.22. The molecule has 0 fully saturated rings. The lowest BCUT2D eigenvalue weighted by atomic mass is 10.0. The molecular weight excluding hydrogens is 396 g/mol. The van der Waals surface area contributed by atoms with Crippen LogP contribution in [0.1, 0.15) is 32.9 Å². The van der Waals surface area contributed by atoms with E-state index in [9.17, 15) is 24.3 Å². The Bertz CT molecular complexity index is 723. The van der Waals surface area contributed by atoms with Crippen molar-refractivity contribution < 1.29 is 29.4 Å². The second-order valence-electron chi connectivity index (χ2n) is 7.39. The van der Waals surface area contributed by atoms with Crippen molar-refractivity contribution in [1.82, 2.24) is 25.9 Å². The van der Waals surface area contributed by atoms with Gasteiger partial charge in [0.1, 0.15) is 18.1 Å². The van der Waals surface area contributed by atoms with Crippen molar-refractivity contribution in [3.05, 3.63) is 18.2 Å². The molecule has 0 aliphatic rings. The van der Waals surface area contributed by atoms with E-state index in [1.165, 1.54) is 19.4 Å². The van der Waals surface area contributed by atoms with Crippen LogP contribution in [0.2, 0.25) is 0 Å². The number of aliphatic hydroxyl groups excluding tert-OH is 1. The van der Waals surface area contributed by atoms with Gasteiger partial charge in [-0.15, -0.1) is 0 Å².